The van der Waals surface area contributed by atoms with Crippen LogP contribution in [-0.2, 0) is 6.42 Å². The number of anilines is 1. The Balaban J connectivity index is 1.42. The third-order valence-electron chi connectivity index (χ3n) is 6.11. The van der Waals surface area contributed by atoms with E-state index in [1.54, 1.807) is 18.5 Å². The standard InChI is InChI=1S/C24H21ClFN7O2/c25-14-3-8-18-20(9-14)33(28)19(17(27)11-34-16-6-4-15(26)5-7-16)10-21-22(29-12-32(18)21)23-30-24(35-31-23)13-1-2-13/h3-9,12-13H,1-2,10-11,27-28H2/b19-17-. The van der Waals surface area contributed by atoms with E-state index in [1.807, 2.05) is 10.6 Å². The van der Waals surface area contributed by atoms with Crippen molar-refractivity contribution in [2.45, 2.75) is 25.2 Å². The molecule has 35 heavy (non-hydrogen) atoms. The number of allylic oxidation sites excluding steroid dienone is 1. The van der Waals surface area contributed by atoms with Crippen molar-refractivity contribution in [3.8, 4) is 23.0 Å². The van der Waals surface area contributed by atoms with Crippen LogP contribution >= 0.6 is 11.6 Å². The molecule has 1 aliphatic carbocycles. The molecule has 1 fully saturated rings. The summed E-state index contributed by atoms with van der Waals surface area (Å²) in [5.74, 6) is 8.09. The van der Waals surface area contributed by atoms with Gasteiger partial charge in [-0.25, -0.2) is 15.2 Å². The van der Waals surface area contributed by atoms with Crippen molar-refractivity contribution in [1.82, 2.24) is 19.7 Å². The largest absolute Gasteiger partial charge is 0.487 e. The number of fused-ring (bicyclic) bond motifs is 3. The van der Waals surface area contributed by atoms with Gasteiger partial charge in [0.1, 0.15) is 30.2 Å². The van der Waals surface area contributed by atoms with E-state index in [-0.39, 0.29) is 12.4 Å². The van der Waals surface area contributed by atoms with E-state index in [1.165, 1.54) is 29.3 Å². The van der Waals surface area contributed by atoms with Crippen molar-refractivity contribution in [3.05, 3.63) is 82.6 Å². The summed E-state index contributed by atoms with van der Waals surface area (Å²) in [6.45, 7) is 0.0437. The molecular weight excluding hydrogens is 473 g/mol. The minimum absolute atomic E-state index is 0.0437. The average molecular weight is 494 g/mol. The van der Waals surface area contributed by atoms with E-state index in [2.05, 4.69) is 15.1 Å². The first-order valence-electron chi connectivity index (χ1n) is 11.1. The van der Waals surface area contributed by atoms with Gasteiger partial charge in [0, 0.05) is 17.4 Å². The van der Waals surface area contributed by atoms with E-state index >= 15 is 0 Å². The fraction of sp³-hybridized carbons (Fsp3) is 0.208. The molecule has 11 heteroatoms. The van der Waals surface area contributed by atoms with Crippen molar-refractivity contribution in [2.75, 3.05) is 11.6 Å². The molecule has 1 aliphatic heterocycles. The number of halogens is 2. The van der Waals surface area contributed by atoms with E-state index in [9.17, 15) is 4.39 Å². The van der Waals surface area contributed by atoms with Crippen molar-refractivity contribution in [3.63, 3.8) is 0 Å². The summed E-state index contributed by atoms with van der Waals surface area (Å²) in [7, 11) is 0. The Morgan fingerprint density at radius 2 is 1.97 bits per heavy atom. The van der Waals surface area contributed by atoms with Crippen molar-refractivity contribution >= 4 is 17.3 Å². The van der Waals surface area contributed by atoms with E-state index in [0.717, 1.165) is 24.2 Å². The van der Waals surface area contributed by atoms with Crippen LogP contribution in [0.4, 0.5) is 10.1 Å². The third kappa shape index (κ3) is 4.00. The second-order valence-corrected chi connectivity index (χ2v) is 8.97. The zero-order valence-corrected chi connectivity index (χ0v) is 19.2. The molecule has 0 atom stereocenters. The number of rotatable bonds is 5. The molecule has 6 rings (SSSR count). The first-order valence-corrected chi connectivity index (χ1v) is 11.5. The number of benzene rings is 2. The molecule has 9 nitrogen and oxygen atoms in total. The first kappa shape index (κ1) is 21.6. The molecule has 0 unspecified atom stereocenters. The molecule has 0 saturated heterocycles. The maximum atomic E-state index is 13.2. The predicted molar refractivity (Wildman–Crippen MR) is 127 cm³/mol. The van der Waals surface area contributed by atoms with Crippen LogP contribution < -0.4 is 21.3 Å². The second kappa shape index (κ2) is 8.40. The van der Waals surface area contributed by atoms with Gasteiger partial charge in [-0.1, -0.05) is 16.8 Å². The molecule has 2 aromatic carbocycles. The quantitative estimate of drug-likeness (QED) is 0.399. The summed E-state index contributed by atoms with van der Waals surface area (Å²) in [6.07, 6.45) is 4.13. The number of ether oxygens (including phenoxy) is 1. The molecule has 4 aromatic rings. The lowest BCUT2D eigenvalue weighted by molar-refractivity contribution is 0.347. The molecule has 3 heterocycles. The van der Waals surface area contributed by atoms with Gasteiger partial charge >= 0.3 is 0 Å². The zero-order chi connectivity index (χ0) is 24.1. The van der Waals surface area contributed by atoms with Gasteiger partial charge in [0.2, 0.25) is 11.7 Å². The predicted octanol–water partition coefficient (Wildman–Crippen LogP) is 4.08. The maximum Gasteiger partial charge on any atom is 0.230 e. The van der Waals surface area contributed by atoms with Gasteiger partial charge in [0.15, 0.2) is 0 Å². The number of hydrazine groups is 1. The Morgan fingerprint density at radius 3 is 2.74 bits per heavy atom. The highest BCUT2D eigenvalue weighted by Crippen LogP contribution is 2.41. The highest BCUT2D eigenvalue weighted by atomic mass is 35.5. The number of hydrogen-bond donors (Lipinski definition) is 2. The summed E-state index contributed by atoms with van der Waals surface area (Å²) >= 11 is 6.30. The van der Waals surface area contributed by atoms with Crippen LogP contribution in [0.15, 0.2) is 64.7 Å². The van der Waals surface area contributed by atoms with Gasteiger partial charge in [-0.3, -0.25) is 9.58 Å². The minimum Gasteiger partial charge on any atom is -0.487 e. The van der Waals surface area contributed by atoms with Crippen LogP contribution in [0.5, 0.6) is 5.75 Å². The third-order valence-corrected chi connectivity index (χ3v) is 6.34. The average Bonchev–Trinajstić information content (AvgIpc) is 3.47. The number of imidazole rings is 1. The molecule has 4 N–H and O–H groups in total. The Labute approximate surface area is 204 Å². The molecule has 0 radical (unpaired) electrons. The Morgan fingerprint density at radius 1 is 1.17 bits per heavy atom. The Bertz CT molecular complexity index is 1440. The summed E-state index contributed by atoms with van der Waals surface area (Å²) in [5.41, 5.74) is 10.3. The van der Waals surface area contributed by atoms with Crippen molar-refractivity contribution in [1.29, 1.82) is 0 Å². The van der Waals surface area contributed by atoms with Crippen LogP contribution in [0.2, 0.25) is 5.02 Å². The highest BCUT2D eigenvalue weighted by molar-refractivity contribution is 6.31. The second-order valence-electron chi connectivity index (χ2n) is 8.53. The normalized spacial score (nSPS) is 16.5. The number of nitrogens with zero attached hydrogens (tertiary/aromatic N) is 5. The molecule has 178 valence electrons. The van der Waals surface area contributed by atoms with Crippen LogP contribution in [-0.4, -0.2) is 26.3 Å². The Hall–Kier alpha value is -3.89. The molecule has 1 saturated carbocycles. The summed E-state index contributed by atoms with van der Waals surface area (Å²) in [5, 5.41) is 6.20. The number of aromatic nitrogens is 4. The van der Waals surface area contributed by atoms with Crippen LogP contribution in [0.25, 0.3) is 17.2 Å². The van der Waals surface area contributed by atoms with Gasteiger partial charge in [0.05, 0.1) is 28.5 Å². The number of nitrogens with two attached hydrogens (primary N) is 2. The van der Waals surface area contributed by atoms with Gasteiger partial charge in [0.25, 0.3) is 0 Å². The van der Waals surface area contributed by atoms with Crippen molar-refractivity contribution < 1.29 is 13.7 Å². The maximum absolute atomic E-state index is 13.2. The highest BCUT2D eigenvalue weighted by Gasteiger charge is 2.32. The topological polar surface area (TPSA) is 121 Å². The fourth-order valence-electron chi connectivity index (χ4n) is 4.09. The van der Waals surface area contributed by atoms with Crippen LogP contribution in [0, 0.1) is 5.82 Å². The van der Waals surface area contributed by atoms with Gasteiger partial charge < -0.3 is 15.0 Å². The summed E-state index contributed by atoms with van der Waals surface area (Å²) < 4.78 is 26.4. The lowest BCUT2D eigenvalue weighted by atomic mass is 10.1. The van der Waals surface area contributed by atoms with Crippen LogP contribution in [0.1, 0.15) is 30.3 Å². The molecule has 0 spiro atoms. The number of hydrogen-bond acceptors (Lipinski definition) is 8. The SMILES string of the molecule is N/C(COc1ccc(F)cc1)=C1/Cc2c(-c3noc(C4CC4)n3)ncn2-c2ccc(Cl)cc2N1N. The minimum atomic E-state index is -0.346. The molecule has 0 bridgehead atoms. The summed E-state index contributed by atoms with van der Waals surface area (Å²) in [4.78, 5) is 9.17. The smallest absolute Gasteiger partial charge is 0.230 e. The lowest BCUT2D eigenvalue weighted by Crippen LogP contribution is -2.34. The van der Waals surface area contributed by atoms with Gasteiger partial charge in [-0.05, 0) is 55.3 Å². The molecule has 0 amide bonds. The molecular formula is C24H21ClFN7O2. The monoisotopic (exact) mass is 493 g/mol. The lowest BCUT2D eigenvalue weighted by Gasteiger charge is -2.23. The van der Waals surface area contributed by atoms with Crippen LogP contribution in [0.3, 0.4) is 0 Å². The van der Waals surface area contributed by atoms with E-state index < -0.39 is 0 Å². The van der Waals surface area contributed by atoms with Crippen molar-refractivity contribution in [2.24, 2.45) is 11.6 Å². The zero-order valence-electron chi connectivity index (χ0n) is 18.5. The van der Waals surface area contributed by atoms with Gasteiger partial charge in [-0.2, -0.15) is 4.98 Å². The van der Waals surface area contributed by atoms with E-state index in [4.69, 9.17) is 32.4 Å². The fourth-order valence-corrected chi connectivity index (χ4v) is 4.26. The van der Waals surface area contributed by atoms with Gasteiger partial charge in [-0.15, -0.1) is 0 Å². The first-order chi connectivity index (χ1) is 17.0. The molecule has 2 aliphatic rings. The van der Waals surface area contributed by atoms with E-state index in [0.29, 0.717) is 57.6 Å². The molecule has 2 aromatic heterocycles. The Kier molecular flexibility index (Phi) is 5.19. The summed E-state index contributed by atoms with van der Waals surface area (Å²) in [6, 6.07) is 11.1.